The number of likely N-dealkylation sites (tertiary alicyclic amines) is 1. The molecule has 0 bridgehead atoms. The Kier molecular flexibility index (Phi) is 6.02. The van der Waals surface area contributed by atoms with E-state index in [0.717, 1.165) is 32.5 Å². The van der Waals surface area contributed by atoms with E-state index in [0.29, 0.717) is 18.6 Å². The molecule has 1 aliphatic rings. The molecule has 2 rings (SSSR count). The van der Waals surface area contributed by atoms with E-state index in [1.165, 1.54) is 11.1 Å². The summed E-state index contributed by atoms with van der Waals surface area (Å²) in [4.78, 5) is 2.49. The van der Waals surface area contributed by atoms with Crippen molar-refractivity contribution in [2.45, 2.75) is 45.3 Å². The minimum absolute atomic E-state index is 0.127. The molecule has 0 amide bonds. The highest BCUT2D eigenvalue weighted by atomic mass is 16.5. The van der Waals surface area contributed by atoms with Crippen molar-refractivity contribution in [3.05, 3.63) is 35.4 Å². The van der Waals surface area contributed by atoms with Gasteiger partial charge in [-0.15, -0.1) is 0 Å². The maximum absolute atomic E-state index is 8.77. The fraction of sp³-hybridized carbons (Fsp3) is 0.647. The molecule has 0 spiro atoms. The van der Waals surface area contributed by atoms with Crippen molar-refractivity contribution in [3.8, 4) is 0 Å². The molecule has 1 aromatic rings. The predicted molar refractivity (Wildman–Crippen MR) is 81.9 cm³/mol. The number of hydrogen-bond acceptors (Lipinski definition) is 3. The maximum atomic E-state index is 8.77. The second-order valence-corrected chi connectivity index (χ2v) is 5.97. The van der Waals surface area contributed by atoms with Gasteiger partial charge < -0.3 is 9.84 Å². The molecule has 0 saturated carbocycles. The van der Waals surface area contributed by atoms with Gasteiger partial charge in [-0.3, -0.25) is 4.90 Å². The fourth-order valence-electron chi connectivity index (χ4n) is 2.72. The highest BCUT2D eigenvalue weighted by Gasteiger charge is 2.19. The normalized spacial score (nSPS) is 17.8. The van der Waals surface area contributed by atoms with Gasteiger partial charge in [0.25, 0.3) is 0 Å². The summed E-state index contributed by atoms with van der Waals surface area (Å²) in [5.74, 6) is 0.600. The summed E-state index contributed by atoms with van der Waals surface area (Å²) in [6.45, 7) is 8.26. The third kappa shape index (κ3) is 4.58. The number of ether oxygens (including phenoxy) is 1. The molecule has 1 saturated heterocycles. The van der Waals surface area contributed by atoms with Crippen LogP contribution < -0.4 is 0 Å². The first kappa shape index (κ1) is 15.5. The molecule has 0 unspecified atom stereocenters. The lowest BCUT2D eigenvalue weighted by Crippen LogP contribution is -2.36. The summed E-state index contributed by atoms with van der Waals surface area (Å²) in [5, 5.41) is 8.77. The minimum Gasteiger partial charge on any atom is -0.394 e. The average molecular weight is 277 g/mol. The van der Waals surface area contributed by atoms with Crippen LogP contribution in [0.2, 0.25) is 0 Å². The van der Waals surface area contributed by atoms with Crippen LogP contribution in [0.1, 0.15) is 43.7 Å². The number of nitrogens with zero attached hydrogens (tertiary/aromatic N) is 1. The summed E-state index contributed by atoms with van der Waals surface area (Å²) >= 11 is 0. The van der Waals surface area contributed by atoms with Crippen LogP contribution in [-0.2, 0) is 11.3 Å². The van der Waals surface area contributed by atoms with Crippen molar-refractivity contribution in [1.29, 1.82) is 0 Å². The molecule has 1 heterocycles. The predicted octanol–water partition coefficient (Wildman–Crippen LogP) is 2.78. The molecule has 0 aliphatic carbocycles. The molecule has 112 valence electrons. The number of benzene rings is 1. The first-order chi connectivity index (χ1) is 9.69. The zero-order valence-electron chi connectivity index (χ0n) is 12.7. The summed E-state index contributed by atoms with van der Waals surface area (Å²) in [5.41, 5.74) is 2.80. The van der Waals surface area contributed by atoms with E-state index >= 15 is 0 Å². The van der Waals surface area contributed by atoms with Gasteiger partial charge in [-0.25, -0.2) is 0 Å². The fourth-order valence-corrected chi connectivity index (χ4v) is 2.72. The van der Waals surface area contributed by atoms with E-state index in [1.807, 2.05) is 0 Å². The molecule has 3 nitrogen and oxygen atoms in total. The van der Waals surface area contributed by atoms with E-state index in [9.17, 15) is 0 Å². The minimum atomic E-state index is 0.127. The largest absolute Gasteiger partial charge is 0.394 e. The summed E-state index contributed by atoms with van der Waals surface area (Å²) in [6.07, 6.45) is 2.48. The smallest absolute Gasteiger partial charge is 0.0701 e. The Morgan fingerprint density at radius 2 is 1.85 bits per heavy atom. The molecule has 1 N–H and O–H groups in total. The van der Waals surface area contributed by atoms with Crippen LogP contribution >= 0.6 is 0 Å². The Bertz CT molecular complexity index is 380. The van der Waals surface area contributed by atoms with Crippen molar-refractivity contribution in [1.82, 2.24) is 4.90 Å². The lowest BCUT2D eigenvalue weighted by atomic mass is 10.0. The van der Waals surface area contributed by atoms with Crippen molar-refractivity contribution >= 4 is 0 Å². The molecule has 1 aliphatic heterocycles. The molecule has 0 aromatic heterocycles. The van der Waals surface area contributed by atoms with Crippen LogP contribution in [0.4, 0.5) is 0 Å². The van der Waals surface area contributed by atoms with E-state index in [4.69, 9.17) is 9.84 Å². The molecule has 3 heteroatoms. The summed E-state index contributed by atoms with van der Waals surface area (Å²) in [7, 11) is 0. The molecule has 1 aromatic carbocycles. The second-order valence-electron chi connectivity index (χ2n) is 5.97. The second kappa shape index (κ2) is 7.77. The monoisotopic (exact) mass is 277 g/mol. The molecule has 0 atom stereocenters. The van der Waals surface area contributed by atoms with Gasteiger partial charge in [-0.1, -0.05) is 38.1 Å². The Balaban J connectivity index is 1.77. The Morgan fingerprint density at radius 1 is 1.20 bits per heavy atom. The van der Waals surface area contributed by atoms with Crippen molar-refractivity contribution in [3.63, 3.8) is 0 Å². The van der Waals surface area contributed by atoms with Crippen LogP contribution in [0, 0.1) is 0 Å². The Hall–Kier alpha value is -0.900. The lowest BCUT2D eigenvalue weighted by molar-refractivity contribution is -0.00901. The third-order valence-corrected chi connectivity index (χ3v) is 4.03. The number of aliphatic hydroxyl groups excluding tert-OH is 1. The number of rotatable bonds is 6. The quantitative estimate of drug-likeness (QED) is 0.868. The topological polar surface area (TPSA) is 32.7 Å². The van der Waals surface area contributed by atoms with Crippen LogP contribution in [0.5, 0.6) is 0 Å². The number of piperidine rings is 1. The van der Waals surface area contributed by atoms with E-state index in [2.05, 4.69) is 43.0 Å². The summed E-state index contributed by atoms with van der Waals surface area (Å²) in [6, 6.07) is 9.00. The van der Waals surface area contributed by atoms with Crippen molar-refractivity contribution in [2.24, 2.45) is 0 Å². The maximum Gasteiger partial charge on any atom is 0.0701 e. The van der Waals surface area contributed by atoms with Gasteiger partial charge in [0, 0.05) is 19.6 Å². The average Bonchev–Trinajstić information content (AvgIpc) is 2.47. The lowest BCUT2D eigenvalue weighted by Gasteiger charge is -2.31. The van der Waals surface area contributed by atoms with Gasteiger partial charge in [0.15, 0.2) is 0 Å². The SMILES string of the molecule is CC(C)c1ccc(CN2CCC(OCCO)CC2)cc1. The summed E-state index contributed by atoms with van der Waals surface area (Å²) < 4.78 is 5.60. The van der Waals surface area contributed by atoms with Gasteiger partial charge in [-0.2, -0.15) is 0 Å². The van der Waals surface area contributed by atoms with E-state index in [1.54, 1.807) is 0 Å². The van der Waals surface area contributed by atoms with Crippen LogP contribution in [0.25, 0.3) is 0 Å². The molecule has 20 heavy (non-hydrogen) atoms. The van der Waals surface area contributed by atoms with E-state index < -0.39 is 0 Å². The highest BCUT2D eigenvalue weighted by molar-refractivity contribution is 5.24. The zero-order valence-corrected chi connectivity index (χ0v) is 12.7. The van der Waals surface area contributed by atoms with Gasteiger partial charge >= 0.3 is 0 Å². The molecule has 1 fully saturated rings. The van der Waals surface area contributed by atoms with Crippen molar-refractivity contribution in [2.75, 3.05) is 26.3 Å². The number of hydrogen-bond donors (Lipinski definition) is 1. The van der Waals surface area contributed by atoms with E-state index in [-0.39, 0.29) is 6.61 Å². The van der Waals surface area contributed by atoms with Crippen molar-refractivity contribution < 1.29 is 9.84 Å². The highest BCUT2D eigenvalue weighted by Crippen LogP contribution is 2.18. The van der Waals surface area contributed by atoms with Crippen LogP contribution in [0.15, 0.2) is 24.3 Å². The Morgan fingerprint density at radius 3 is 2.40 bits per heavy atom. The third-order valence-electron chi connectivity index (χ3n) is 4.03. The standard InChI is InChI=1S/C17H27NO2/c1-14(2)16-5-3-15(4-6-16)13-18-9-7-17(8-10-18)20-12-11-19/h3-6,14,17,19H,7-13H2,1-2H3. The molecule has 0 radical (unpaired) electrons. The van der Waals surface area contributed by atoms with Crippen LogP contribution in [0.3, 0.4) is 0 Å². The van der Waals surface area contributed by atoms with Crippen LogP contribution in [-0.4, -0.2) is 42.4 Å². The molecular weight excluding hydrogens is 250 g/mol. The first-order valence-electron chi connectivity index (χ1n) is 7.72. The first-order valence-corrected chi connectivity index (χ1v) is 7.72. The van der Waals surface area contributed by atoms with Gasteiger partial charge in [0.05, 0.1) is 19.3 Å². The molecular formula is C17H27NO2. The zero-order chi connectivity index (χ0) is 14.4. The number of aliphatic hydroxyl groups is 1. The Labute approximate surface area is 122 Å². The van der Waals surface area contributed by atoms with Gasteiger partial charge in [0.1, 0.15) is 0 Å². The van der Waals surface area contributed by atoms with Gasteiger partial charge in [0.2, 0.25) is 0 Å². The van der Waals surface area contributed by atoms with Gasteiger partial charge in [-0.05, 0) is 29.9 Å².